The van der Waals surface area contributed by atoms with Gasteiger partial charge in [0.1, 0.15) is 5.75 Å². The molecule has 0 spiro atoms. The number of benzene rings is 1. The van der Waals surface area contributed by atoms with Gasteiger partial charge < -0.3 is 9.72 Å². The number of aromatic nitrogens is 2. The summed E-state index contributed by atoms with van der Waals surface area (Å²) in [7, 11) is 1.64. The van der Waals surface area contributed by atoms with E-state index in [1.54, 1.807) is 13.3 Å². The smallest absolute Gasteiger partial charge is 0.215 e. The lowest BCUT2D eigenvalue weighted by Gasteiger charge is -2.00. The lowest BCUT2D eigenvalue weighted by atomic mass is 10.2. The number of nitrogens with two attached hydrogens (primary N) is 1. The zero-order chi connectivity index (χ0) is 10.7. The van der Waals surface area contributed by atoms with Crippen molar-refractivity contribution in [1.82, 2.24) is 9.97 Å². The highest BCUT2D eigenvalue weighted by molar-refractivity contribution is 5.61. The van der Waals surface area contributed by atoms with Crippen molar-refractivity contribution in [3.63, 3.8) is 0 Å². The molecule has 0 radical (unpaired) electrons. The van der Waals surface area contributed by atoms with E-state index < -0.39 is 0 Å². The van der Waals surface area contributed by atoms with Gasteiger partial charge in [0.05, 0.1) is 19.0 Å². The molecule has 0 saturated carbocycles. The topological polar surface area (TPSA) is 76.0 Å². The average molecular weight is 204 g/mol. The predicted molar refractivity (Wildman–Crippen MR) is 58.4 cm³/mol. The summed E-state index contributed by atoms with van der Waals surface area (Å²) >= 11 is 0. The maximum atomic E-state index is 5.22. The van der Waals surface area contributed by atoms with Gasteiger partial charge in [-0.1, -0.05) is 0 Å². The first-order valence-electron chi connectivity index (χ1n) is 4.49. The van der Waals surface area contributed by atoms with Crippen LogP contribution in [0.25, 0.3) is 11.3 Å². The predicted octanol–water partition coefficient (Wildman–Crippen LogP) is 1.37. The fraction of sp³-hybridized carbons (Fsp3) is 0.100. The van der Waals surface area contributed by atoms with Crippen LogP contribution in [0.2, 0.25) is 0 Å². The summed E-state index contributed by atoms with van der Waals surface area (Å²) in [4.78, 5) is 7.06. The average Bonchev–Trinajstić information content (AvgIpc) is 2.78. The number of H-pyrrole nitrogens is 1. The van der Waals surface area contributed by atoms with Crippen LogP contribution in [-0.2, 0) is 0 Å². The Labute approximate surface area is 87.3 Å². The summed E-state index contributed by atoms with van der Waals surface area (Å²) in [6, 6.07) is 7.69. The largest absolute Gasteiger partial charge is 0.497 e. The Balaban J connectivity index is 2.28. The molecule has 78 valence electrons. The molecule has 0 aliphatic carbocycles. The van der Waals surface area contributed by atoms with Crippen molar-refractivity contribution in [3.05, 3.63) is 30.5 Å². The molecule has 15 heavy (non-hydrogen) atoms. The normalized spacial score (nSPS) is 10.0. The number of nitrogens with zero attached hydrogens (tertiary/aromatic N) is 1. The molecule has 0 fully saturated rings. The number of hydrogen-bond donors (Lipinski definition) is 3. The molecule has 1 aromatic carbocycles. The second kappa shape index (κ2) is 4.02. The number of anilines is 1. The minimum Gasteiger partial charge on any atom is -0.497 e. The number of methoxy groups -OCH3 is 1. The van der Waals surface area contributed by atoms with Crippen molar-refractivity contribution in [2.45, 2.75) is 0 Å². The number of hydrazine groups is 1. The number of ether oxygens (including phenoxy) is 1. The van der Waals surface area contributed by atoms with Crippen molar-refractivity contribution in [2.75, 3.05) is 12.5 Å². The minimum atomic E-state index is 0.542. The zero-order valence-corrected chi connectivity index (χ0v) is 8.32. The number of nitrogens with one attached hydrogen (secondary N) is 2. The SMILES string of the molecule is COc1ccc(-c2cnc(NN)[nH]2)cc1. The molecule has 0 atom stereocenters. The van der Waals surface area contributed by atoms with Crippen molar-refractivity contribution in [2.24, 2.45) is 5.84 Å². The van der Waals surface area contributed by atoms with Crippen molar-refractivity contribution >= 4 is 5.95 Å². The Bertz CT molecular complexity index is 435. The molecule has 0 unspecified atom stereocenters. The highest BCUT2D eigenvalue weighted by Gasteiger charge is 2.01. The number of aromatic amines is 1. The molecule has 5 heteroatoms. The lowest BCUT2D eigenvalue weighted by Crippen LogP contribution is -2.07. The third kappa shape index (κ3) is 1.92. The van der Waals surface area contributed by atoms with E-state index in [9.17, 15) is 0 Å². The van der Waals surface area contributed by atoms with E-state index in [1.807, 2.05) is 24.3 Å². The molecule has 0 amide bonds. The maximum Gasteiger partial charge on any atom is 0.215 e. The minimum absolute atomic E-state index is 0.542. The zero-order valence-electron chi connectivity index (χ0n) is 8.32. The second-order valence-corrected chi connectivity index (χ2v) is 3.02. The summed E-state index contributed by atoms with van der Waals surface area (Å²) in [6.45, 7) is 0. The number of nitrogen functional groups attached to an aromatic ring is 1. The highest BCUT2D eigenvalue weighted by Crippen LogP contribution is 2.21. The molecule has 0 saturated heterocycles. The van der Waals surface area contributed by atoms with Gasteiger partial charge in [0.15, 0.2) is 0 Å². The van der Waals surface area contributed by atoms with Crippen LogP contribution in [0.15, 0.2) is 30.5 Å². The standard InChI is InChI=1S/C10H12N4O/c1-15-8-4-2-7(3-5-8)9-6-12-10(13-9)14-11/h2-6H,11H2,1H3,(H2,12,13,14). The molecule has 1 heterocycles. The monoisotopic (exact) mass is 204 g/mol. The van der Waals surface area contributed by atoms with Crippen LogP contribution in [0.4, 0.5) is 5.95 Å². The summed E-state index contributed by atoms with van der Waals surface area (Å²) in [5, 5.41) is 0. The molecule has 2 rings (SSSR count). The van der Waals surface area contributed by atoms with Gasteiger partial charge >= 0.3 is 0 Å². The van der Waals surface area contributed by atoms with Gasteiger partial charge in [0, 0.05) is 0 Å². The van der Waals surface area contributed by atoms with Gasteiger partial charge in [-0.3, -0.25) is 5.43 Å². The van der Waals surface area contributed by atoms with Crippen LogP contribution >= 0.6 is 0 Å². The first-order valence-corrected chi connectivity index (χ1v) is 4.49. The molecular formula is C10H12N4O. The molecular weight excluding hydrogens is 192 g/mol. The van der Waals surface area contributed by atoms with Crippen molar-refractivity contribution in [3.8, 4) is 17.0 Å². The molecule has 4 N–H and O–H groups in total. The summed E-state index contributed by atoms with van der Waals surface area (Å²) in [5.41, 5.74) is 4.39. The molecule has 2 aromatic rings. The summed E-state index contributed by atoms with van der Waals surface area (Å²) < 4.78 is 5.07. The molecule has 0 bridgehead atoms. The molecule has 0 aliphatic rings. The Kier molecular flexibility index (Phi) is 2.55. The third-order valence-electron chi connectivity index (χ3n) is 2.11. The van der Waals surface area contributed by atoms with Gasteiger partial charge in [0.25, 0.3) is 0 Å². The quantitative estimate of drug-likeness (QED) is 0.521. The summed E-state index contributed by atoms with van der Waals surface area (Å²) in [6.07, 6.45) is 1.72. The van der Waals surface area contributed by atoms with Crippen LogP contribution < -0.4 is 16.0 Å². The van der Waals surface area contributed by atoms with E-state index in [0.29, 0.717) is 5.95 Å². The van der Waals surface area contributed by atoms with E-state index in [2.05, 4.69) is 15.4 Å². The maximum absolute atomic E-state index is 5.22. The second-order valence-electron chi connectivity index (χ2n) is 3.02. The molecule has 5 nitrogen and oxygen atoms in total. The number of rotatable bonds is 3. The van der Waals surface area contributed by atoms with Gasteiger partial charge in [-0.2, -0.15) is 0 Å². The Morgan fingerprint density at radius 2 is 2.07 bits per heavy atom. The van der Waals surface area contributed by atoms with Gasteiger partial charge in [-0.15, -0.1) is 0 Å². The van der Waals surface area contributed by atoms with E-state index in [1.165, 1.54) is 0 Å². The highest BCUT2D eigenvalue weighted by atomic mass is 16.5. The lowest BCUT2D eigenvalue weighted by molar-refractivity contribution is 0.415. The first kappa shape index (κ1) is 9.54. The van der Waals surface area contributed by atoms with Crippen LogP contribution in [0.1, 0.15) is 0 Å². The first-order chi connectivity index (χ1) is 7.33. The van der Waals surface area contributed by atoms with E-state index in [4.69, 9.17) is 10.6 Å². The van der Waals surface area contributed by atoms with Gasteiger partial charge in [0.2, 0.25) is 5.95 Å². The molecule has 1 aromatic heterocycles. The van der Waals surface area contributed by atoms with Crippen molar-refractivity contribution < 1.29 is 4.74 Å². The summed E-state index contributed by atoms with van der Waals surface area (Å²) in [5.74, 6) is 6.59. The Morgan fingerprint density at radius 3 is 2.60 bits per heavy atom. The van der Waals surface area contributed by atoms with E-state index in [0.717, 1.165) is 17.0 Å². The van der Waals surface area contributed by atoms with E-state index in [-0.39, 0.29) is 0 Å². The number of hydrogen-bond acceptors (Lipinski definition) is 4. The van der Waals surface area contributed by atoms with Crippen LogP contribution in [0.3, 0.4) is 0 Å². The van der Waals surface area contributed by atoms with Crippen molar-refractivity contribution in [1.29, 1.82) is 0 Å². The van der Waals surface area contributed by atoms with E-state index >= 15 is 0 Å². The Hall–Kier alpha value is -2.01. The molecule has 0 aliphatic heterocycles. The van der Waals surface area contributed by atoms with Crippen LogP contribution in [-0.4, -0.2) is 17.1 Å². The fourth-order valence-electron chi connectivity index (χ4n) is 1.31. The Morgan fingerprint density at radius 1 is 1.33 bits per heavy atom. The van der Waals surface area contributed by atoms with Crippen LogP contribution in [0.5, 0.6) is 5.75 Å². The third-order valence-corrected chi connectivity index (χ3v) is 2.11. The fourth-order valence-corrected chi connectivity index (χ4v) is 1.31. The van der Waals surface area contributed by atoms with Crippen LogP contribution in [0, 0.1) is 0 Å². The van der Waals surface area contributed by atoms with Gasteiger partial charge in [-0.05, 0) is 29.8 Å². The van der Waals surface area contributed by atoms with Gasteiger partial charge in [-0.25, -0.2) is 10.8 Å². The number of imidazole rings is 1.